The maximum absolute atomic E-state index is 9.40. The third kappa shape index (κ3) is 14.6. The first-order chi connectivity index (χ1) is 14.1. The maximum Gasteiger partial charge on any atom is 0.155 e. The van der Waals surface area contributed by atoms with E-state index in [0.29, 0.717) is 19.6 Å². The highest BCUT2D eigenvalue weighted by Gasteiger charge is 1.95. The van der Waals surface area contributed by atoms with Gasteiger partial charge in [-0.2, -0.15) is 3.22 Å². The van der Waals surface area contributed by atoms with Crippen LogP contribution >= 0.6 is 23.0 Å². The largest absolute Gasteiger partial charge is 0.380 e. The van der Waals surface area contributed by atoms with E-state index in [1.807, 2.05) is 55.5 Å². The number of halogens is 1. The maximum atomic E-state index is 9.40. The van der Waals surface area contributed by atoms with Crippen molar-refractivity contribution in [2.75, 3.05) is 7.11 Å². The Bertz CT molecular complexity index is 748. The van der Waals surface area contributed by atoms with Crippen LogP contribution in [0.1, 0.15) is 48.9 Å². The molecule has 29 heavy (non-hydrogen) atoms. The number of unbranched alkanes of at least 4 members (excludes halogenated alkanes) is 1. The summed E-state index contributed by atoms with van der Waals surface area (Å²) in [5.41, 5.74) is 4.09. The van der Waals surface area contributed by atoms with Crippen molar-refractivity contribution in [1.82, 2.24) is 0 Å². The second kappa shape index (κ2) is 19.3. The molecule has 0 saturated carbocycles. The summed E-state index contributed by atoms with van der Waals surface area (Å²) in [5, 5.41) is 0. The molecule has 0 aliphatic carbocycles. The van der Waals surface area contributed by atoms with Gasteiger partial charge < -0.3 is 14.3 Å². The topological polar surface area (TPSA) is 61.8 Å². The average molecular weight is 510 g/mol. The number of rotatable bonds is 7. The zero-order valence-corrected chi connectivity index (χ0v) is 19.2. The van der Waals surface area contributed by atoms with Crippen molar-refractivity contribution < 1.29 is 22.4 Å². The number of benzene rings is 2. The van der Waals surface area contributed by atoms with Gasteiger partial charge in [-0.3, -0.25) is 0 Å². The van der Waals surface area contributed by atoms with E-state index in [1.54, 1.807) is 30.1 Å². The summed E-state index contributed by atoms with van der Waals surface area (Å²) in [6, 6.07) is 15.9. The minimum absolute atomic E-state index is 0.407. The Balaban J connectivity index is 0.000000838. The predicted octanol–water partition coefficient (Wildman–Crippen LogP) is 5.22. The number of methoxy groups -OCH3 is 1. The molecule has 0 radical (unpaired) electrons. The van der Waals surface area contributed by atoms with Crippen molar-refractivity contribution >= 4 is 35.6 Å². The normalized spacial score (nSPS) is 8.97. The number of carbonyl (C=O) groups is 2. The Labute approximate surface area is 187 Å². The molecule has 2 aromatic rings. The molecule has 0 spiro atoms. The standard InChI is InChI=1S/C17H15IO3.C4H8O.C2H4O/c1-19-12-16-9-6-14(7-10-16)5-8-15-3-2-4-17(11-15)13-20-21-18;1-2-3-4-5;1-2-3/h2-4,6-7,9-11H,12-13H2,1H3;4H,2-3H2,1H3;2H,1H3. The van der Waals surface area contributed by atoms with Crippen molar-refractivity contribution in [1.29, 1.82) is 0 Å². The van der Waals surface area contributed by atoms with Gasteiger partial charge in [-0.05, 0) is 48.7 Å². The van der Waals surface area contributed by atoms with Crippen molar-refractivity contribution in [2.24, 2.45) is 0 Å². The first-order valence-corrected chi connectivity index (χ1v) is 9.95. The van der Waals surface area contributed by atoms with E-state index in [0.717, 1.165) is 41.2 Å². The zero-order valence-electron chi connectivity index (χ0n) is 17.0. The minimum Gasteiger partial charge on any atom is -0.380 e. The van der Waals surface area contributed by atoms with Crippen LogP contribution in [0.25, 0.3) is 0 Å². The molecule has 2 aromatic carbocycles. The molecule has 156 valence electrons. The van der Waals surface area contributed by atoms with Gasteiger partial charge in [0.05, 0.1) is 6.61 Å². The van der Waals surface area contributed by atoms with E-state index in [-0.39, 0.29) is 0 Å². The summed E-state index contributed by atoms with van der Waals surface area (Å²) < 4.78 is 9.65. The molecule has 6 heteroatoms. The quantitative estimate of drug-likeness (QED) is 0.168. The summed E-state index contributed by atoms with van der Waals surface area (Å²) in [6.07, 6.45) is 3.36. The van der Waals surface area contributed by atoms with Crippen LogP contribution in [0.5, 0.6) is 0 Å². The lowest BCUT2D eigenvalue weighted by molar-refractivity contribution is -0.177. The Morgan fingerprint density at radius 2 is 1.62 bits per heavy atom. The van der Waals surface area contributed by atoms with Gasteiger partial charge in [0.15, 0.2) is 23.0 Å². The van der Waals surface area contributed by atoms with E-state index in [1.165, 1.54) is 6.92 Å². The zero-order chi connectivity index (χ0) is 21.7. The molecular weight excluding hydrogens is 483 g/mol. The van der Waals surface area contributed by atoms with Crippen molar-refractivity contribution in [3.8, 4) is 11.8 Å². The molecule has 5 nitrogen and oxygen atoms in total. The van der Waals surface area contributed by atoms with Gasteiger partial charge in [-0.25, -0.2) is 4.89 Å². The van der Waals surface area contributed by atoms with Gasteiger partial charge in [0.2, 0.25) is 0 Å². The fourth-order valence-corrected chi connectivity index (χ4v) is 2.07. The second-order valence-electron chi connectivity index (χ2n) is 5.60. The second-order valence-corrected chi connectivity index (χ2v) is 5.96. The lowest BCUT2D eigenvalue weighted by Gasteiger charge is -2.00. The number of hydrogen-bond acceptors (Lipinski definition) is 5. The lowest BCUT2D eigenvalue weighted by atomic mass is 10.1. The van der Waals surface area contributed by atoms with E-state index in [9.17, 15) is 4.79 Å². The van der Waals surface area contributed by atoms with Gasteiger partial charge in [0.1, 0.15) is 19.2 Å². The summed E-state index contributed by atoms with van der Waals surface area (Å²) >= 11 is 1.70. The fraction of sp³-hybridized carbons (Fsp3) is 0.304. The van der Waals surface area contributed by atoms with E-state index < -0.39 is 0 Å². The molecule has 2 rings (SSSR count). The lowest BCUT2D eigenvalue weighted by Crippen LogP contribution is -1.89. The first kappa shape index (κ1) is 27.0. The fourth-order valence-electron chi connectivity index (χ4n) is 1.94. The van der Waals surface area contributed by atoms with Gasteiger partial charge >= 0.3 is 0 Å². The molecule has 0 N–H and O–H groups in total. The SMILES string of the molecule is CC=O.CCCC=O.COCc1ccc(C#Cc2cccc(COOI)c2)cc1. The summed E-state index contributed by atoms with van der Waals surface area (Å²) in [5.74, 6) is 6.30. The molecule has 0 fully saturated rings. The van der Waals surface area contributed by atoms with Gasteiger partial charge in [-0.1, -0.05) is 43.0 Å². The van der Waals surface area contributed by atoms with E-state index >= 15 is 0 Å². The minimum atomic E-state index is 0.407. The third-order valence-corrected chi connectivity index (χ3v) is 3.47. The molecule has 0 aliphatic rings. The Morgan fingerprint density at radius 1 is 0.966 bits per heavy atom. The van der Waals surface area contributed by atoms with Crippen LogP contribution in [0.3, 0.4) is 0 Å². The van der Waals surface area contributed by atoms with Crippen molar-refractivity contribution in [3.05, 3.63) is 70.8 Å². The Hall–Kier alpha value is -2.05. The molecule has 0 amide bonds. The van der Waals surface area contributed by atoms with Crippen LogP contribution in [-0.4, -0.2) is 19.7 Å². The van der Waals surface area contributed by atoms with Crippen LogP contribution in [0.4, 0.5) is 0 Å². The summed E-state index contributed by atoms with van der Waals surface area (Å²) in [6.45, 7) is 4.45. The third-order valence-electron chi connectivity index (χ3n) is 3.22. The van der Waals surface area contributed by atoms with Crippen LogP contribution in [-0.2, 0) is 35.6 Å². The van der Waals surface area contributed by atoms with Gasteiger partial charge in [0.25, 0.3) is 0 Å². The Morgan fingerprint density at radius 3 is 2.14 bits per heavy atom. The smallest absolute Gasteiger partial charge is 0.155 e. The van der Waals surface area contributed by atoms with Crippen molar-refractivity contribution in [3.63, 3.8) is 0 Å². The van der Waals surface area contributed by atoms with E-state index in [2.05, 4.69) is 15.1 Å². The highest BCUT2D eigenvalue weighted by Crippen LogP contribution is 2.08. The van der Waals surface area contributed by atoms with Crippen LogP contribution in [0, 0.1) is 11.8 Å². The van der Waals surface area contributed by atoms with Gasteiger partial charge in [0, 0.05) is 24.7 Å². The molecule has 0 aliphatic heterocycles. The number of carbonyl (C=O) groups excluding carboxylic acids is 2. The number of aldehydes is 2. The molecular formula is C23H27IO5. The molecule has 0 atom stereocenters. The van der Waals surface area contributed by atoms with Crippen LogP contribution in [0.2, 0.25) is 0 Å². The monoisotopic (exact) mass is 510 g/mol. The predicted molar refractivity (Wildman–Crippen MR) is 122 cm³/mol. The van der Waals surface area contributed by atoms with Crippen LogP contribution < -0.4 is 0 Å². The summed E-state index contributed by atoms with van der Waals surface area (Å²) in [7, 11) is 1.69. The molecule has 0 aromatic heterocycles. The molecule has 0 heterocycles. The molecule has 0 unspecified atom stereocenters. The van der Waals surface area contributed by atoms with Crippen LogP contribution in [0.15, 0.2) is 48.5 Å². The average Bonchev–Trinajstić information content (AvgIpc) is 2.74. The molecule has 0 saturated heterocycles. The summed E-state index contributed by atoms with van der Waals surface area (Å²) in [4.78, 5) is 23.1. The van der Waals surface area contributed by atoms with Gasteiger partial charge in [-0.15, -0.1) is 0 Å². The first-order valence-electron chi connectivity index (χ1n) is 9.07. The Kier molecular flexibility index (Phi) is 17.9. The molecule has 0 bridgehead atoms. The highest BCUT2D eigenvalue weighted by atomic mass is 127. The number of hydrogen-bond donors (Lipinski definition) is 0. The number of ether oxygens (including phenoxy) is 1. The van der Waals surface area contributed by atoms with Crippen molar-refractivity contribution in [2.45, 2.75) is 39.9 Å². The van der Waals surface area contributed by atoms with E-state index in [4.69, 9.17) is 14.4 Å². The highest BCUT2D eigenvalue weighted by molar-refractivity contribution is 14.1.